The van der Waals surface area contributed by atoms with Crippen molar-refractivity contribution in [3.8, 4) is 0 Å². The second-order valence-electron chi connectivity index (χ2n) is 8.67. The van der Waals surface area contributed by atoms with Crippen LogP contribution in [0.1, 0.15) is 19.4 Å². The van der Waals surface area contributed by atoms with Gasteiger partial charge in [0.2, 0.25) is 6.33 Å². The summed E-state index contributed by atoms with van der Waals surface area (Å²) in [6, 6.07) is 4.98. The number of aliphatic carboxylic acids is 1. The predicted octanol–water partition coefficient (Wildman–Crippen LogP) is 0.839. The fourth-order valence-corrected chi connectivity index (χ4v) is 5.86. The van der Waals surface area contributed by atoms with Gasteiger partial charge in [-0.25, -0.2) is 4.79 Å². The monoisotopic (exact) mass is 504 g/mol. The van der Waals surface area contributed by atoms with Gasteiger partial charge in [0.15, 0.2) is 0 Å². The Morgan fingerprint density at radius 1 is 1.40 bits per heavy atom. The molecule has 35 heavy (non-hydrogen) atoms. The molecule has 2 aromatic rings. The van der Waals surface area contributed by atoms with E-state index in [9.17, 15) is 29.9 Å². The van der Waals surface area contributed by atoms with Crippen LogP contribution in [-0.4, -0.2) is 54.1 Å². The number of thioether (sulfide) groups is 1. The van der Waals surface area contributed by atoms with E-state index >= 15 is 0 Å². The summed E-state index contributed by atoms with van der Waals surface area (Å²) in [6.45, 7) is 4.50. The highest BCUT2D eigenvalue weighted by atomic mass is 32.2. The van der Waals surface area contributed by atoms with Gasteiger partial charge in [0.05, 0.1) is 22.8 Å². The van der Waals surface area contributed by atoms with Crippen LogP contribution in [0.15, 0.2) is 47.5 Å². The fourth-order valence-electron chi connectivity index (χ4n) is 4.42. The highest BCUT2D eigenvalue weighted by Gasteiger charge is 2.45. The molecule has 0 bridgehead atoms. The molecule has 3 N–H and O–H groups in total. The van der Waals surface area contributed by atoms with Gasteiger partial charge >= 0.3 is 18.3 Å². The van der Waals surface area contributed by atoms with Gasteiger partial charge in [-0.1, -0.05) is 6.92 Å². The number of carbonyl (C=O) groups excluding carboxylic acids is 1. The Hall–Kier alpha value is -3.45. The van der Waals surface area contributed by atoms with Gasteiger partial charge in [-0.05, 0) is 29.6 Å². The van der Waals surface area contributed by atoms with E-state index < -0.39 is 34.9 Å². The molecule has 0 saturated heterocycles. The molecule has 2 aliphatic heterocycles. The molecular weight excluding hydrogens is 478 g/mol. The molecule has 0 unspecified atom stereocenters. The average Bonchev–Trinajstić information content (AvgIpc) is 3.47. The summed E-state index contributed by atoms with van der Waals surface area (Å²) >= 11 is 1.49. The molecule has 0 saturated carbocycles. The van der Waals surface area contributed by atoms with Gasteiger partial charge in [0, 0.05) is 29.0 Å². The lowest BCUT2D eigenvalue weighted by Gasteiger charge is -2.27. The molecule has 186 valence electrons. The Bertz CT molecular complexity index is 1140. The zero-order chi connectivity index (χ0) is 25.3. The summed E-state index contributed by atoms with van der Waals surface area (Å²) in [6.07, 6.45) is 2.31. The molecule has 1 aromatic carbocycles. The Balaban J connectivity index is 1.53. The van der Waals surface area contributed by atoms with Crippen molar-refractivity contribution in [1.29, 1.82) is 0 Å². The van der Waals surface area contributed by atoms with Crippen molar-refractivity contribution in [2.75, 3.05) is 0 Å². The van der Waals surface area contributed by atoms with E-state index in [-0.39, 0.29) is 29.2 Å². The lowest BCUT2D eigenvalue weighted by Crippen LogP contribution is -2.46. The number of carbonyl (C=O) groups is 2. The smallest absolute Gasteiger partial charge is 0.355 e. The van der Waals surface area contributed by atoms with Crippen molar-refractivity contribution in [3.05, 3.63) is 63.2 Å². The SMILES string of the molecule is C[C@@H](O)[C@@H](C(=O)O)[C@@H]1NC(C(=O)OCc2ccc([N+](=O)[O-])cc2)=C(SC2Cn3cnc[n+]3C2)[C@@H]1C. The molecule has 0 fully saturated rings. The molecule has 13 heteroatoms. The number of carboxylic acid groups (broad SMARTS) is 1. The number of nitro benzene ring substituents is 1. The number of carboxylic acids is 1. The Labute approximate surface area is 204 Å². The summed E-state index contributed by atoms with van der Waals surface area (Å²) in [7, 11) is 0. The van der Waals surface area contributed by atoms with Crippen molar-refractivity contribution >= 4 is 29.4 Å². The van der Waals surface area contributed by atoms with Crippen LogP contribution in [0.25, 0.3) is 0 Å². The van der Waals surface area contributed by atoms with E-state index in [1.54, 1.807) is 12.7 Å². The number of non-ortho nitro benzene ring substituents is 1. The standard InChI is InChI=1S/C22H25N5O7S/c1-12-18(17(13(2)28)21(29)30)24-19(20(12)35-16-7-25-10-23-11-26(25)8-16)22(31)34-9-14-3-5-15(6-4-14)27(32)33/h3-6,10-13,16-18,24,28H,7-9H2,1-2H3/p+1/t12-,13-,17-,18-/m1/s1. The van der Waals surface area contributed by atoms with Crippen molar-refractivity contribution in [1.82, 2.24) is 15.0 Å². The topological polar surface area (TPSA) is 161 Å². The number of nitrogens with one attached hydrogen (secondary N) is 1. The number of aliphatic hydroxyl groups is 1. The third-order valence-electron chi connectivity index (χ3n) is 6.23. The molecule has 2 aliphatic rings. The second-order valence-corrected chi connectivity index (χ2v) is 10.0. The Morgan fingerprint density at radius 3 is 2.71 bits per heavy atom. The van der Waals surface area contributed by atoms with Crippen LogP contribution in [0.2, 0.25) is 0 Å². The van der Waals surface area contributed by atoms with E-state index in [0.29, 0.717) is 23.6 Å². The summed E-state index contributed by atoms with van der Waals surface area (Å²) in [5, 5.41) is 33.8. The predicted molar refractivity (Wildman–Crippen MR) is 123 cm³/mol. The van der Waals surface area contributed by atoms with Gasteiger partial charge in [-0.15, -0.1) is 11.8 Å². The first-order valence-corrected chi connectivity index (χ1v) is 11.9. The van der Waals surface area contributed by atoms with Crippen LogP contribution in [-0.2, 0) is 34.0 Å². The van der Waals surface area contributed by atoms with E-state index in [1.807, 2.05) is 16.3 Å². The maximum atomic E-state index is 13.1. The van der Waals surface area contributed by atoms with Crippen LogP contribution in [0.3, 0.4) is 0 Å². The first-order valence-electron chi connectivity index (χ1n) is 11.0. The van der Waals surface area contributed by atoms with Crippen molar-refractivity contribution in [2.45, 2.75) is 50.9 Å². The number of hydrogen-bond donors (Lipinski definition) is 3. The molecule has 12 nitrogen and oxygen atoms in total. The van der Waals surface area contributed by atoms with Gasteiger partial charge < -0.3 is 20.3 Å². The Kier molecular flexibility index (Phi) is 7.08. The third-order valence-corrected chi connectivity index (χ3v) is 7.69. The normalized spacial score (nSPS) is 22.9. The maximum absolute atomic E-state index is 13.1. The molecule has 0 spiro atoms. The van der Waals surface area contributed by atoms with Crippen molar-refractivity contribution in [2.24, 2.45) is 11.8 Å². The average molecular weight is 505 g/mol. The quantitative estimate of drug-likeness (QED) is 0.193. The number of rotatable bonds is 9. The van der Waals surface area contributed by atoms with Crippen LogP contribution < -0.4 is 10.00 Å². The summed E-state index contributed by atoms with van der Waals surface area (Å²) < 4.78 is 9.41. The molecule has 0 aliphatic carbocycles. The van der Waals surface area contributed by atoms with Gasteiger partial charge in [0.1, 0.15) is 24.8 Å². The number of esters is 1. The molecular formula is C22H26N5O7S+. The molecule has 4 rings (SSSR count). The molecule has 1 aromatic heterocycles. The van der Waals surface area contributed by atoms with Crippen LogP contribution in [0.4, 0.5) is 5.69 Å². The number of ether oxygens (including phenoxy) is 1. The molecule has 0 radical (unpaired) electrons. The Morgan fingerprint density at radius 2 is 2.11 bits per heavy atom. The number of nitro groups is 1. The lowest BCUT2D eigenvalue weighted by molar-refractivity contribution is -0.758. The van der Waals surface area contributed by atoms with Crippen molar-refractivity contribution < 1.29 is 34.1 Å². The van der Waals surface area contributed by atoms with E-state index in [0.717, 1.165) is 0 Å². The van der Waals surface area contributed by atoms with Gasteiger partial charge in [-0.3, -0.25) is 14.9 Å². The molecule has 0 amide bonds. The number of aliphatic hydroxyl groups excluding tert-OH is 1. The van der Waals surface area contributed by atoms with Gasteiger partial charge in [0.25, 0.3) is 5.69 Å². The molecule has 3 heterocycles. The van der Waals surface area contributed by atoms with Crippen LogP contribution in [0.5, 0.6) is 0 Å². The first kappa shape index (κ1) is 24.7. The number of fused-ring (bicyclic) bond motifs is 1. The van der Waals surface area contributed by atoms with E-state index in [2.05, 4.69) is 10.3 Å². The van der Waals surface area contributed by atoms with E-state index in [4.69, 9.17) is 4.74 Å². The lowest BCUT2D eigenvalue weighted by atomic mass is 9.87. The van der Waals surface area contributed by atoms with Gasteiger partial charge in [-0.2, -0.15) is 9.36 Å². The van der Waals surface area contributed by atoms with E-state index in [1.165, 1.54) is 43.0 Å². The highest BCUT2D eigenvalue weighted by molar-refractivity contribution is 8.03. The highest BCUT2D eigenvalue weighted by Crippen LogP contribution is 2.41. The summed E-state index contributed by atoms with van der Waals surface area (Å²) in [4.78, 5) is 40.1. The number of hydrogen-bond acceptors (Lipinski definition) is 9. The number of aromatic nitrogens is 3. The van der Waals surface area contributed by atoms with Crippen LogP contribution in [0, 0.1) is 22.0 Å². The third kappa shape index (κ3) is 5.15. The number of benzene rings is 1. The van der Waals surface area contributed by atoms with Crippen molar-refractivity contribution in [3.63, 3.8) is 0 Å². The maximum Gasteiger partial charge on any atom is 0.355 e. The first-order chi connectivity index (χ1) is 16.7. The zero-order valence-corrected chi connectivity index (χ0v) is 19.9. The largest absolute Gasteiger partial charge is 0.481 e. The summed E-state index contributed by atoms with van der Waals surface area (Å²) in [5.74, 6) is -3.30. The summed E-state index contributed by atoms with van der Waals surface area (Å²) in [5.41, 5.74) is 0.692. The molecule has 4 atom stereocenters. The number of nitrogens with zero attached hydrogens (tertiary/aromatic N) is 4. The minimum Gasteiger partial charge on any atom is -0.481 e. The fraction of sp³-hybridized carbons (Fsp3) is 0.455. The minimum absolute atomic E-state index is 0.0662. The van der Waals surface area contributed by atoms with Crippen LogP contribution >= 0.6 is 11.8 Å². The zero-order valence-electron chi connectivity index (χ0n) is 19.1. The minimum atomic E-state index is -1.16. The second kappa shape index (κ2) is 10.0.